The number of hydrogen-bond donors (Lipinski definition) is 1. The fraction of sp³-hybridized carbons (Fsp3) is 0.500. The maximum absolute atomic E-state index is 12.7. The summed E-state index contributed by atoms with van der Waals surface area (Å²) in [5.74, 6) is 0.687. The Labute approximate surface area is 142 Å². The van der Waals surface area contributed by atoms with Crippen LogP contribution in [0.3, 0.4) is 0 Å². The molecule has 1 fully saturated rings. The van der Waals surface area contributed by atoms with Crippen LogP contribution in [-0.4, -0.2) is 46.7 Å². The quantitative estimate of drug-likeness (QED) is 0.884. The molecule has 1 aliphatic rings. The molecule has 3 rings (SSSR count). The normalized spacial score (nSPS) is 19.1. The van der Waals surface area contributed by atoms with Crippen molar-refractivity contribution in [3.8, 4) is 11.5 Å². The number of alkyl halides is 3. The summed E-state index contributed by atoms with van der Waals surface area (Å²) in [6.45, 7) is 3.93. The predicted molar refractivity (Wildman–Crippen MR) is 82.8 cm³/mol. The molecule has 1 atom stereocenters. The maximum Gasteiger partial charge on any atom is 0.433 e. The third-order valence-corrected chi connectivity index (χ3v) is 3.86. The highest BCUT2D eigenvalue weighted by Crippen LogP contribution is 2.30. The van der Waals surface area contributed by atoms with Crippen molar-refractivity contribution >= 4 is 12.4 Å². The highest BCUT2D eigenvalue weighted by Gasteiger charge is 2.33. The smallest absolute Gasteiger partial charge is 0.334 e. The van der Waals surface area contributed by atoms with Gasteiger partial charge in [-0.1, -0.05) is 5.16 Å². The van der Waals surface area contributed by atoms with Gasteiger partial charge in [0.25, 0.3) is 5.89 Å². The minimum absolute atomic E-state index is 0. The van der Waals surface area contributed by atoms with Crippen molar-refractivity contribution < 1.29 is 17.7 Å². The second kappa shape index (κ2) is 7.04. The van der Waals surface area contributed by atoms with E-state index in [1.165, 1.54) is 13.0 Å². The summed E-state index contributed by atoms with van der Waals surface area (Å²) in [5, 5.41) is 7.21. The van der Waals surface area contributed by atoms with Crippen molar-refractivity contribution in [2.75, 3.05) is 26.7 Å². The van der Waals surface area contributed by atoms with E-state index >= 15 is 0 Å². The van der Waals surface area contributed by atoms with Crippen LogP contribution < -0.4 is 5.32 Å². The Hall–Kier alpha value is -1.71. The molecule has 2 aromatic heterocycles. The summed E-state index contributed by atoms with van der Waals surface area (Å²) in [6.07, 6.45) is -4.47. The van der Waals surface area contributed by atoms with Crippen molar-refractivity contribution in [2.24, 2.45) is 0 Å². The molecule has 1 N–H and O–H groups in total. The fourth-order valence-corrected chi connectivity index (χ4v) is 2.52. The van der Waals surface area contributed by atoms with E-state index in [1.807, 2.05) is 7.05 Å². The van der Waals surface area contributed by atoms with Crippen molar-refractivity contribution in [1.29, 1.82) is 0 Å². The van der Waals surface area contributed by atoms with Gasteiger partial charge in [-0.3, -0.25) is 4.90 Å². The molecule has 0 radical (unpaired) electrons. The molecule has 0 saturated carbocycles. The third-order valence-electron chi connectivity index (χ3n) is 3.86. The number of rotatable bonds is 2. The first kappa shape index (κ1) is 18.6. The van der Waals surface area contributed by atoms with Crippen molar-refractivity contribution in [2.45, 2.75) is 19.1 Å². The van der Waals surface area contributed by atoms with Gasteiger partial charge in [-0.05, 0) is 26.1 Å². The lowest BCUT2D eigenvalue weighted by molar-refractivity contribution is -0.141. The van der Waals surface area contributed by atoms with E-state index in [2.05, 4.69) is 25.3 Å². The van der Waals surface area contributed by atoms with Crippen LogP contribution in [0.2, 0.25) is 0 Å². The molecule has 0 aromatic carbocycles. The van der Waals surface area contributed by atoms with E-state index in [1.54, 1.807) is 0 Å². The Balaban J connectivity index is 0.00000208. The van der Waals surface area contributed by atoms with Crippen LogP contribution in [0.4, 0.5) is 13.2 Å². The number of nitrogens with one attached hydrogen (secondary N) is 1. The van der Waals surface area contributed by atoms with Gasteiger partial charge in [0, 0.05) is 19.6 Å². The molecule has 1 saturated heterocycles. The summed E-state index contributed by atoms with van der Waals surface area (Å²) < 4.78 is 43.2. The molecule has 6 nitrogen and oxygen atoms in total. The summed E-state index contributed by atoms with van der Waals surface area (Å²) in [7, 11) is 1.96. The van der Waals surface area contributed by atoms with Gasteiger partial charge in [-0.25, -0.2) is 4.98 Å². The molecule has 3 heterocycles. The van der Waals surface area contributed by atoms with Crippen LogP contribution >= 0.6 is 12.4 Å². The largest absolute Gasteiger partial charge is 0.433 e. The first-order chi connectivity index (χ1) is 10.9. The standard InChI is InChI=1S/C14H16F3N5O.ClH/c1-8-9(3-4-11(19-8)14(15,16)17)13-20-12(21-23-13)10-7-18-5-6-22(10)2;/h3-4,10,18H,5-7H2,1-2H3;1H. The van der Waals surface area contributed by atoms with Gasteiger partial charge in [0.1, 0.15) is 5.69 Å². The Morgan fingerprint density at radius 1 is 1.29 bits per heavy atom. The van der Waals surface area contributed by atoms with E-state index in [9.17, 15) is 13.2 Å². The first-order valence-electron chi connectivity index (χ1n) is 7.16. The third kappa shape index (κ3) is 3.68. The van der Waals surface area contributed by atoms with Crippen LogP contribution in [0.15, 0.2) is 16.7 Å². The molecule has 2 aromatic rings. The average molecular weight is 364 g/mol. The minimum Gasteiger partial charge on any atom is -0.334 e. The monoisotopic (exact) mass is 363 g/mol. The Morgan fingerprint density at radius 3 is 2.67 bits per heavy atom. The lowest BCUT2D eigenvalue weighted by atomic mass is 10.1. The van der Waals surface area contributed by atoms with Gasteiger partial charge in [-0.2, -0.15) is 18.2 Å². The maximum atomic E-state index is 12.7. The molecule has 10 heteroatoms. The second-order valence-corrected chi connectivity index (χ2v) is 5.49. The van der Waals surface area contributed by atoms with Gasteiger partial charge in [0.2, 0.25) is 0 Å². The number of halogens is 4. The van der Waals surface area contributed by atoms with E-state index in [4.69, 9.17) is 4.52 Å². The Morgan fingerprint density at radius 2 is 2.04 bits per heavy atom. The number of aryl methyl sites for hydroxylation is 1. The topological polar surface area (TPSA) is 67.1 Å². The number of likely N-dealkylation sites (N-methyl/N-ethyl adjacent to an activating group) is 1. The molecule has 0 spiro atoms. The van der Waals surface area contributed by atoms with E-state index in [0.29, 0.717) is 17.9 Å². The van der Waals surface area contributed by atoms with E-state index in [0.717, 1.165) is 19.2 Å². The Bertz CT molecular complexity index is 706. The number of hydrogen-bond acceptors (Lipinski definition) is 6. The number of pyridine rings is 1. The van der Waals surface area contributed by atoms with Crippen LogP contribution in [0, 0.1) is 6.92 Å². The number of aromatic nitrogens is 3. The van der Waals surface area contributed by atoms with Crippen molar-refractivity contribution in [1.82, 2.24) is 25.3 Å². The fourth-order valence-electron chi connectivity index (χ4n) is 2.52. The predicted octanol–water partition coefficient (Wildman–Crippen LogP) is 2.46. The van der Waals surface area contributed by atoms with Gasteiger partial charge in [0.05, 0.1) is 17.3 Å². The van der Waals surface area contributed by atoms with Crippen molar-refractivity contribution in [3.63, 3.8) is 0 Å². The van der Waals surface area contributed by atoms with Crippen LogP contribution in [0.25, 0.3) is 11.5 Å². The zero-order valence-electron chi connectivity index (χ0n) is 13.1. The van der Waals surface area contributed by atoms with Gasteiger partial charge < -0.3 is 9.84 Å². The number of piperazine rings is 1. The molecular weight excluding hydrogens is 347 g/mol. The molecule has 24 heavy (non-hydrogen) atoms. The molecule has 1 aliphatic heterocycles. The zero-order valence-corrected chi connectivity index (χ0v) is 13.9. The first-order valence-corrected chi connectivity index (χ1v) is 7.16. The summed E-state index contributed by atoms with van der Waals surface area (Å²) >= 11 is 0. The van der Waals surface area contributed by atoms with E-state index in [-0.39, 0.29) is 30.0 Å². The van der Waals surface area contributed by atoms with Gasteiger partial charge >= 0.3 is 6.18 Å². The molecule has 0 aliphatic carbocycles. The molecule has 1 unspecified atom stereocenters. The molecule has 0 amide bonds. The van der Waals surface area contributed by atoms with E-state index < -0.39 is 11.9 Å². The van der Waals surface area contributed by atoms with Crippen LogP contribution in [-0.2, 0) is 6.18 Å². The summed E-state index contributed by atoms with van der Waals surface area (Å²) in [5.41, 5.74) is -0.331. The lowest BCUT2D eigenvalue weighted by Gasteiger charge is -2.30. The zero-order chi connectivity index (χ0) is 16.6. The van der Waals surface area contributed by atoms with Crippen molar-refractivity contribution in [3.05, 3.63) is 29.3 Å². The second-order valence-electron chi connectivity index (χ2n) is 5.49. The highest BCUT2D eigenvalue weighted by atomic mass is 35.5. The number of nitrogens with zero attached hydrogens (tertiary/aromatic N) is 4. The highest BCUT2D eigenvalue weighted by molar-refractivity contribution is 5.85. The SMILES string of the molecule is Cc1nc(C(F)(F)F)ccc1-c1nc(C2CNCCN2C)no1.Cl. The van der Waals surface area contributed by atoms with Crippen LogP contribution in [0.1, 0.15) is 23.3 Å². The summed E-state index contributed by atoms with van der Waals surface area (Å²) in [4.78, 5) is 10.0. The van der Waals surface area contributed by atoms with Gasteiger partial charge in [0.15, 0.2) is 5.82 Å². The van der Waals surface area contributed by atoms with Crippen LogP contribution in [0.5, 0.6) is 0 Å². The molecule has 132 valence electrons. The Kier molecular flexibility index (Phi) is 5.46. The molecule has 0 bridgehead atoms. The minimum atomic E-state index is -4.47. The summed E-state index contributed by atoms with van der Waals surface area (Å²) in [6, 6.07) is 2.20. The molecular formula is C14H17ClF3N5O. The lowest BCUT2D eigenvalue weighted by Crippen LogP contribution is -2.44. The van der Waals surface area contributed by atoms with Gasteiger partial charge in [-0.15, -0.1) is 12.4 Å². The average Bonchev–Trinajstić information content (AvgIpc) is 2.96.